The van der Waals surface area contributed by atoms with E-state index < -0.39 is 5.97 Å². The molecule has 2 nitrogen and oxygen atoms in total. The molecular weight excluding hydrogens is 152 g/mol. The van der Waals surface area contributed by atoms with Crippen molar-refractivity contribution in [3.63, 3.8) is 0 Å². The van der Waals surface area contributed by atoms with Crippen LogP contribution in [0.3, 0.4) is 0 Å². The standard InChI is InChI=1S/C10H16O2/c1-8(7-10(11)12)9-5-3-2-4-6-9/h7,9H,2-6H2,1H3,(H,11,12)/b8-7-. The quantitative estimate of drug-likeness (QED) is 0.643. The second-order valence-corrected chi connectivity index (χ2v) is 3.56. The number of allylic oxidation sites excluding steroid dienone is 1. The van der Waals surface area contributed by atoms with Crippen LogP contribution in [0, 0.1) is 5.92 Å². The van der Waals surface area contributed by atoms with Gasteiger partial charge in [0.25, 0.3) is 0 Å². The normalized spacial score (nSPS) is 20.9. The molecule has 0 atom stereocenters. The molecule has 0 aromatic carbocycles. The van der Waals surface area contributed by atoms with E-state index in [-0.39, 0.29) is 0 Å². The van der Waals surface area contributed by atoms with Crippen molar-refractivity contribution >= 4 is 5.97 Å². The first kappa shape index (κ1) is 9.30. The molecule has 1 saturated carbocycles. The Morgan fingerprint density at radius 1 is 1.33 bits per heavy atom. The predicted octanol–water partition coefficient (Wildman–Crippen LogP) is 2.60. The van der Waals surface area contributed by atoms with Crippen LogP contribution < -0.4 is 0 Å². The van der Waals surface area contributed by atoms with E-state index in [2.05, 4.69) is 0 Å². The first-order valence-electron chi connectivity index (χ1n) is 4.61. The Morgan fingerprint density at radius 3 is 2.42 bits per heavy atom. The molecule has 0 amide bonds. The summed E-state index contributed by atoms with van der Waals surface area (Å²) in [6, 6.07) is 0. The van der Waals surface area contributed by atoms with Crippen molar-refractivity contribution in [2.45, 2.75) is 39.0 Å². The molecule has 0 saturated heterocycles. The van der Waals surface area contributed by atoms with Crippen LogP contribution in [-0.4, -0.2) is 11.1 Å². The summed E-state index contributed by atoms with van der Waals surface area (Å²) in [7, 11) is 0. The Kier molecular flexibility index (Phi) is 3.32. The van der Waals surface area contributed by atoms with E-state index in [0.717, 1.165) is 5.57 Å². The van der Waals surface area contributed by atoms with Crippen molar-refractivity contribution in [3.8, 4) is 0 Å². The van der Waals surface area contributed by atoms with E-state index in [4.69, 9.17) is 5.11 Å². The number of carbonyl (C=O) groups is 1. The Bertz CT molecular complexity index is 188. The summed E-state index contributed by atoms with van der Waals surface area (Å²) in [6.07, 6.45) is 7.54. The minimum Gasteiger partial charge on any atom is -0.478 e. The van der Waals surface area contributed by atoms with Crippen molar-refractivity contribution in [2.75, 3.05) is 0 Å². The van der Waals surface area contributed by atoms with E-state index >= 15 is 0 Å². The highest BCUT2D eigenvalue weighted by Gasteiger charge is 2.15. The lowest BCUT2D eigenvalue weighted by atomic mass is 9.84. The fraction of sp³-hybridized carbons (Fsp3) is 0.700. The molecule has 0 unspecified atom stereocenters. The maximum Gasteiger partial charge on any atom is 0.328 e. The molecule has 0 aliphatic heterocycles. The first-order valence-corrected chi connectivity index (χ1v) is 4.61. The molecule has 1 aliphatic rings. The summed E-state index contributed by atoms with van der Waals surface area (Å²) in [4.78, 5) is 10.4. The summed E-state index contributed by atoms with van der Waals surface area (Å²) in [5.74, 6) is -0.270. The van der Waals surface area contributed by atoms with E-state index in [1.54, 1.807) is 0 Å². The molecule has 1 N–H and O–H groups in total. The van der Waals surface area contributed by atoms with Crippen LogP contribution in [0.1, 0.15) is 39.0 Å². The summed E-state index contributed by atoms with van der Waals surface area (Å²) in [5.41, 5.74) is 1.04. The van der Waals surface area contributed by atoms with Crippen LogP contribution >= 0.6 is 0 Å². The molecule has 2 heteroatoms. The molecule has 0 aromatic rings. The third kappa shape index (κ3) is 2.68. The Hall–Kier alpha value is -0.790. The molecule has 1 aliphatic carbocycles. The zero-order chi connectivity index (χ0) is 8.97. The number of carboxylic acids is 1. The molecule has 12 heavy (non-hydrogen) atoms. The van der Waals surface area contributed by atoms with Gasteiger partial charge in [0, 0.05) is 6.08 Å². The molecular formula is C10H16O2. The number of hydrogen-bond donors (Lipinski definition) is 1. The van der Waals surface area contributed by atoms with Gasteiger partial charge < -0.3 is 5.11 Å². The molecule has 0 radical (unpaired) electrons. The van der Waals surface area contributed by atoms with Gasteiger partial charge in [0.05, 0.1) is 0 Å². The summed E-state index contributed by atoms with van der Waals surface area (Å²) in [6.45, 7) is 1.93. The van der Waals surface area contributed by atoms with Crippen molar-refractivity contribution < 1.29 is 9.90 Å². The zero-order valence-corrected chi connectivity index (χ0v) is 7.55. The van der Waals surface area contributed by atoms with E-state index in [1.807, 2.05) is 6.92 Å². The fourth-order valence-corrected chi connectivity index (χ4v) is 1.87. The Morgan fingerprint density at radius 2 is 1.92 bits per heavy atom. The van der Waals surface area contributed by atoms with Gasteiger partial charge in [-0.05, 0) is 25.7 Å². The zero-order valence-electron chi connectivity index (χ0n) is 7.55. The topological polar surface area (TPSA) is 37.3 Å². The van der Waals surface area contributed by atoms with Gasteiger partial charge in [0.1, 0.15) is 0 Å². The van der Waals surface area contributed by atoms with Gasteiger partial charge in [-0.1, -0.05) is 24.8 Å². The molecule has 68 valence electrons. The predicted molar refractivity (Wildman–Crippen MR) is 48.0 cm³/mol. The number of aliphatic carboxylic acids is 1. The smallest absolute Gasteiger partial charge is 0.328 e. The van der Waals surface area contributed by atoms with Crippen LogP contribution in [0.25, 0.3) is 0 Å². The molecule has 1 fully saturated rings. The van der Waals surface area contributed by atoms with Crippen molar-refractivity contribution in [2.24, 2.45) is 5.92 Å². The summed E-state index contributed by atoms with van der Waals surface area (Å²) in [5, 5.41) is 8.54. The van der Waals surface area contributed by atoms with Gasteiger partial charge in [-0.15, -0.1) is 0 Å². The maximum absolute atomic E-state index is 10.4. The second-order valence-electron chi connectivity index (χ2n) is 3.56. The van der Waals surface area contributed by atoms with Gasteiger partial charge in [0.2, 0.25) is 0 Å². The van der Waals surface area contributed by atoms with Crippen LogP contribution in [-0.2, 0) is 4.79 Å². The highest BCUT2D eigenvalue weighted by atomic mass is 16.4. The van der Waals surface area contributed by atoms with Gasteiger partial charge >= 0.3 is 5.97 Å². The Balaban J connectivity index is 2.49. The van der Waals surface area contributed by atoms with Crippen LogP contribution in [0.5, 0.6) is 0 Å². The van der Waals surface area contributed by atoms with Crippen molar-refractivity contribution in [3.05, 3.63) is 11.6 Å². The maximum atomic E-state index is 10.4. The van der Waals surface area contributed by atoms with Crippen LogP contribution in [0.2, 0.25) is 0 Å². The lowest BCUT2D eigenvalue weighted by Gasteiger charge is -2.21. The van der Waals surface area contributed by atoms with Gasteiger partial charge in [-0.2, -0.15) is 0 Å². The van der Waals surface area contributed by atoms with E-state index in [1.165, 1.54) is 38.2 Å². The van der Waals surface area contributed by atoms with Crippen LogP contribution in [0.4, 0.5) is 0 Å². The molecule has 0 aromatic heterocycles. The van der Waals surface area contributed by atoms with E-state index in [9.17, 15) is 4.79 Å². The highest BCUT2D eigenvalue weighted by Crippen LogP contribution is 2.29. The minimum absolute atomic E-state index is 0.537. The van der Waals surface area contributed by atoms with Gasteiger partial charge in [-0.25, -0.2) is 4.79 Å². The fourth-order valence-electron chi connectivity index (χ4n) is 1.87. The second kappa shape index (κ2) is 4.29. The van der Waals surface area contributed by atoms with E-state index in [0.29, 0.717) is 5.92 Å². The average molecular weight is 168 g/mol. The SMILES string of the molecule is C/C(=C/C(=O)O)C1CCCCC1. The largest absolute Gasteiger partial charge is 0.478 e. The highest BCUT2D eigenvalue weighted by molar-refractivity contribution is 5.80. The molecule has 0 spiro atoms. The lowest BCUT2D eigenvalue weighted by molar-refractivity contribution is -0.131. The van der Waals surface area contributed by atoms with Crippen molar-refractivity contribution in [1.29, 1.82) is 0 Å². The Labute approximate surface area is 73.3 Å². The number of carboxylic acid groups (broad SMARTS) is 1. The molecule has 1 rings (SSSR count). The van der Waals surface area contributed by atoms with Gasteiger partial charge in [-0.3, -0.25) is 0 Å². The lowest BCUT2D eigenvalue weighted by Crippen LogP contribution is -2.08. The third-order valence-corrected chi connectivity index (χ3v) is 2.60. The monoisotopic (exact) mass is 168 g/mol. The first-order chi connectivity index (χ1) is 5.70. The minimum atomic E-state index is -0.807. The molecule has 0 bridgehead atoms. The average Bonchev–Trinajstić information content (AvgIpc) is 2.05. The third-order valence-electron chi connectivity index (χ3n) is 2.60. The summed E-state index contributed by atoms with van der Waals surface area (Å²) >= 11 is 0. The van der Waals surface area contributed by atoms with Crippen molar-refractivity contribution in [1.82, 2.24) is 0 Å². The number of hydrogen-bond acceptors (Lipinski definition) is 1. The van der Waals surface area contributed by atoms with Gasteiger partial charge in [0.15, 0.2) is 0 Å². The number of rotatable bonds is 2. The van der Waals surface area contributed by atoms with Crippen LogP contribution in [0.15, 0.2) is 11.6 Å². The molecule has 0 heterocycles. The summed E-state index contributed by atoms with van der Waals surface area (Å²) < 4.78 is 0.